The normalized spacial score (nSPS) is 13.7. The van der Waals surface area contributed by atoms with Gasteiger partial charge in [-0.05, 0) is 45.2 Å². The second kappa shape index (κ2) is 8.69. The fourth-order valence-corrected chi connectivity index (χ4v) is 2.27. The van der Waals surface area contributed by atoms with Gasteiger partial charge >= 0.3 is 6.09 Å². The number of benzene rings is 1. The number of hydrogen-bond acceptors (Lipinski definition) is 4. The predicted octanol–water partition coefficient (Wildman–Crippen LogP) is 2.57. The number of hydrogen-bond donors (Lipinski definition) is 3. The quantitative estimate of drug-likeness (QED) is 0.695. The van der Waals surface area contributed by atoms with Crippen molar-refractivity contribution < 1.29 is 19.1 Å². The highest BCUT2D eigenvalue weighted by Gasteiger charge is 2.29. The van der Waals surface area contributed by atoms with E-state index in [9.17, 15) is 14.4 Å². The summed E-state index contributed by atoms with van der Waals surface area (Å²) in [6, 6.07) is 7.33. The van der Waals surface area contributed by atoms with E-state index in [0.717, 1.165) is 18.4 Å². The van der Waals surface area contributed by atoms with Gasteiger partial charge in [0.05, 0.1) is 0 Å². The first-order valence-electron chi connectivity index (χ1n) is 8.87. The Bertz CT molecular complexity index is 663. The van der Waals surface area contributed by atoms with Gasteiger partial charge in [-0.2, -0.15) is 0 Å². The minimum Gasteiger partial charge on any atom is -0.444 e. The van der Waals surface area contributed by atoms with Gasteiger partial charge < -0.3 is 20.7 Å². The van der Waals surface area contributed by atoms with Crippen molar-refractivity contribution in [3.63, 3.8) is 0 Å². The summed E-state index contributed by atoms with van der Waals surface area (Å²) in [7, 11) is 0. The van der Waals surface area contributed by atoms with E-state index in [1.807, 2.05) is 18.2 Å². The topological polar surface area (TPSA) is 96.5 Å². The van der Waals surface area contributed by atoms with Crippen LogP contribution in [0.4, 0.5) is 10.5 Å². The van der Waals surface area contributed by atoms with Gasteiger partial charge in [0.25, 0.3) is 0 Å². The van der Waals surface area contributed by atoms with E-state index in [-0.39, 0.29) is 30.7 Å². The minimum atomic E-state index is -0.573. The number of anilines is 1. The summed E-state index contributed by atoms with van der Waals surface area (Å²) in [6.07, 6.45) is 1.49. The fraction of sp³-hybridized carbons (Fsp3) is 0.526. The van der Waals surface area contributed by atoms with Crippen molar-refractivity contribution in [2.24, 2.45) is 5.92 Å². The molecule has 0 aliphatic heterocycles. The van der Waals surface area contributed by atoms with Crippen molar-refractivity contribution in [3.8, 4) is 0 Å². The Morgan fingerprint density at radius 3 is 2.46 bits per heavy atom. The Morgan fingerprint density at radius 2 is 1.81 bits per heavy atom. The maximum atomic E-state index is 12.1. The molecule has 7 nitrogen and oxygen atoms in total. The van der Waals surface area contributed by atoms with Gasteiger partial charge in [0.15, 0.2) is 0 Å². The lowest BCUT2D eigenvalue weighted by atomic mass is 10.1. The molecule has 3 amide bonds. The zero-order valence-electron chi connectivity index (χ0n) is 15.6. The van der Waals surface area contributed by atoms with Crippen LogP contribution in [0.1, 0.15) is 45.6 Å². The van der Waals surface area contributed by atoms with Crippen molar-refractivity contribution >= 4 is 23.6 Å². The maximum Gasteiger partial charge on any atom is 0.407 e. The molecule has 0 saturated heterocycles. The van der Waals surface area contributed by atoms with Gasteiger partial charge in [0.2, 0.25) is 11.8 Å². The SMILES string of the molecule is CC(C)(C)OC(=O)NCCC(=O)Nc1ccccc1CNC(=O)C1CC1. The number of carbonyl (C=O) groups is 3. The van der Waals surface area contributed by atoms with E-state index in [0.29, 0.717) is 12.2 Å². The molecule has 1 aromatic rings. The molecule has 1 saturated carbocycles. The largest absolute Gasteiger partial charge is 0.444 e. The molecule has 0 spiro atoms. The van der Waals surface area contributed by atoms with Gasteiger partial charge in [-0.25, -0.2) is 4.79 Å². The second-order valence-corrected chi connectivity index (χ2v) is 7.38. The molecule has 1 fully saturated rings. The summed E-state index contributed by atoms with van der Waals surface area (Å²) < 4.78 is 5.11. The van der Waals surface area contributed by atoms with E-state index >= 15 is 0 Å². The summed E-state index contributed by atoms with van der Waals surface area (Å²) in [5.74, 6) is -0.00889. The van der Waals surface area contributed by atoms with Gasteiger partial charge in [-0.15, -0.1) is 0 Å². The van der Waals surface area contributed by atoms with E-state index < -0.39 is 11.7 Å². The molecule has 0 atom stereocenters. The maximum absolute atomic E-state index is 12.1. The highest BCUT2D eigenvalue weighted by molar-refractivity contribution is 5.92. The monoisotopic (exact) mass is 361 g/mol. The standard InChI is InChI=1S/C19H27N3O4/c1-19(2,3)26-18(25)20-11-10-16(23)22-15-7-5-4-6-14(15)12-21-17(24)13-8-9-13/h4-7,13H,8-12H2,1-3H3,(H,20,25)(H,21,24)(H,22,23). The summed E-state index contributed by atoms with van der Waals surface area (Å²) in [5, 5.41) is 8.26. The highest BCUT2D eigenvalue weighted by atomic mass is 16.6. The van der Waals surface area contributed by atoms with Crippen LogP contribution >= 0.6 is 0 Å². The van der Waals surface area contributed by atoms with Gasteiger partial charge in [0, 0.05) is 31.1 Å². The average Bonchev–Trinajstić information content (AvgIpc) is 3.37. The van der Waals surface area contributed by atoms with Crippen LogP contribution in [0.5, 0.6) is 0 Å². The zero-order chi connectivity index (χ0) is 19.2. The third-order valence-electron chi connectivity index (χ3n) is 3.71. The Hall–Kier alpha value is -2.57. The first-order chi connectivity index (χ1) is 12.2. The van der Waals surface area contributed by atoms with Crippen LogP contribution in [0.3, 0.4) is 0 Å². The van der Waals surface area contributed by atoms with Crippen LogP contribution in [-0.4, -0.2) is 30.1 Å². The average molecular weight is 361 g/mol. The van der Waals surface area contributed by atoms with Crippen molar-refractivity contribution in [2.45, 2.75) is 52.2 Å². The molecule has 142 valence electrons. The molecule has 1 aliphatic rings. The minimum absolute atomic E-state index is 0.0627. The van der Waals surface area contributed by atoms with Crippen LogP contribution < -0.4 is 16.0 Å². The predicted molar refractivity (Wildman–Crippen MR) is 98.5 cm³/mol. The van der Waals surface area contributed by atoms with E-state index in [4.69, 9.17) is 4.74 Å². The molecule has 0 aromatic heterocycles. The van der Waals surface area contributed by atoms with Gasteiger partial charge in [0.1, 0.15) is 5.60 Å². The molecule has 0 unspecified atom stereocenters. The number of carbonyl (C=O) groups excluding carboxylic acids is 3. The van der Waals surface area contributed by atoms with E-state index in [1.54, 1.807) is 26.8 Å². The summed E-state index contributed by atoms with van der Waals surface area (Å²) in [6.45, 7) is 5.89. The smallest absolute Gasteiger partial charge is 0.407 e. The molecular weight excluding hydrogens is 334 g/mol. The van der Waals surface area contributed by atoms with E-state index in [1.165, 1.54) is 0 Å². The van der Waals surface area contributed by atoms with E-state index in [2.05, 4.69) is 16.0 Å². The number of para-hydroxylation sites is 1. The van der Waals surface area contributed by atoms with Crippen molar-refractivity contribution in [3.05, 3.63) is 29.8 Å². The molecule has 0 heterocycles. The van der Waals surface area contributed by atoms with Gasteiger partial charge in [-0.1, -0.05) is 18.2 Å². The van der Waals surface area contributed by atoms with Crippen LogP contribution in [0.2, 0.25) is 0 Å². The third kappa shape index (κ3) is 7.13. The summed E-state index contributed by atoms with van der Waals surface area (Å²) >= 11 is 0. The van der Waals surface area contributed by atoms with Crippen molar-refractivity contribution in [1.29, 1.82) is 0 Å². The van der Waals surface area contributed by atoms with Crippen LogP contribution in [0.25, 0.3) is 0 Å². The van der Waals surface area contributed by atoms with Crippen LogP contribution in [-0.2, 0) is 20.9 Å². The van der Waals surface area contributed by atoms with Crippen LogP contribution in [0, 0.1) is 5.92 Å². The molecule has 2 rings (SSSR count). The molecule has 1 aliphatic carbocycles. The lowest BCUT2D eigenvalue weighted by Crippen LogP contribution is -2.34. The van der Waals surface area contributed by atoms with Gasteiger partial charge in [-0.3, -0.25) is 9.59 Å². The lowest BCUT2D eigenvalue weighted by molar-refractivity contribution is -0.122. The lowest BCUT2D eigenvalue weighted by Gasteiger charge is -2.19. The van der Waals surface area contributed by atoms with Crippen molar-refractivity contribution in [1.82, 2.24) is 10.6 Å². The summed E-state index contributed by atoms with van der Waals surface area (Å²) in [5.41, 5.74) is 0.928. The first-order valence-corrected chi connectivity index (χ1v) is 8.87. The highest BCUT2D eigenvalue weighted by Crippen LogP contribution is 2.29. The molecule has 3 N–H and O–H groups in total. The molecular formula is C19H27N3O4. The Balaban J connectivity index is 1.77. The first kappa shape index (κ1) is 19.8. The summed E-state index contributed by atoms with van der Waals surface area (Å²) in [4.78, 5) is 35.4. The van der Waals surface area contributed by atoms with Crippen LogP contribution in [0.15, 0.2) is 24.3 Å². The fourth-order valence-electron chi connectivity index (χ4n) is 2.27. The molecule has 26 heavy (non-hydrogen) atoms. The van der Waals surface area contributed by atoms with Crippen molar-refractivity contribution in [2.75, 3.05) is 11.9 Å². The molecule has 0 radical (unpaired) electrons. The second-order valence-electron chi connectivity index (χ2n) is 7.38. The number of amides is 3. The number of ether oxygens (including phenoxy) is 1. The molecule has 0 bridgehead atoms. The number of alkyl carbamates (subject to hydrolysis) is 1. The Labute approximate surface area is 153 Å². The number of nitrogens with one attached hydrogen (secondary N) is 3. The Kier molecular flexibility index (Phi) is 6.60. The third-order valence-corrected chi connectivity index (χ3v) is 3.71. The molecule has 7 heteroatoms. The zero-order valence-corrected chi connectivity index (χ0v) is 15.6. The Morgan fingerprint density at radius 1 is 1.12 bits per heavy atom. The molecule has 1 aromatic carbocycles. The number of rotatable bonds is 7.